The molecule has 1 amide bonds. The lowest BCUT2D eigenvalue weighted by Gasteiger charge is -2.20. The van der Waals surface area contributed by atoms with Crippen molar-refractivity contribution < 1.29 is 28.6 Å². The Morgan fingerprint density at radius 3 is 2.35 bits per heavy atom. The molecule has 3 aromatic carbocycles. The Kier molecular flexibility index (Phi) is 8.40. The molecule has 11 heteroatoms. The number of benzene rings is 3. The van der Waals surface area contributed by atoms with E-state index in [0.717, 1.165) is 16.8 Å². The number of carboxylic acid groups (broad SMARTS) is 1. The van der Waals surface area contributed by atoms with Crippen LogP contribution in [0, 0.1) is 5.82 Å². The third-order valence-corrected chi connectivity index (χ3v) is 6.34. The lowest BCUT2D eigenvalue weighted by Crippen LogP contribution is -2.36. The molecule has 1 atom stereocenters. The number of aromatic nitrogens is 2. The second-order valence-corrected chi connectivity index (χ2v) is 9.23. The average Bonchev–Trinajstić information content (AvgIpc) is 2.92. The molecule has 0 radical (unpaired) electrons. The molecule has 2 N–H and O–H groups in total. The topological polar surface area (TPSA) is 128 Å². The molecule has 0 fully saturated rings. The molecule has 0 aliphatic heterocycles. The molecule has 0 spiro atoms. The van der Waals surface area contributed by atoms with Gasteiger partial charge in [0, 0.05) is 28.8 Å². The minimum Gasteiger partial charge on any atom is -0.480 e. The smallest absolute Gasteiger partial charge is 0.338 e. The number of nitrogens with one attached hydrogen (secondary N) is 1. The van der Waals surface area contributed by atoms with E-state index >= 15 is 0 Å². The van der Waals surface area contributed by atoms with E-state index < -0.39 is 34.9 Å². The second kappa shape index (κ2) is 11.9. The number of nitrogens with zero attached hydrogens (tertiary/aromatic N) is 2. The first-order valence-electron chi connectivity index (χ1n) is 12.0. The quantitative estimate of drug-likeness (QED) is 0.273. The van der Waals surface area contributed by atoms with Crippen molar-refractivity contribution in [1.29, 1.82) is 0 Å². The van der Waals surface area contributed by atoms with Gasteiger partial charge in [-0.3, -0.25) is 14.4 Å². The fourth-order valence-corrected chi connectivity index (χ4v) is 4.36. The summed E-state index contributed by atoms with van der Waals surface area (Å²) in [5, 5.41) is 16.3. The Bertz CT molecular complexity index is 1670. The van der Waals surface area contributed by atoms with Gasteiger partial charge in [-0.05, 0) is 54.4 Å². The summed E-state index contributed by atoms with van der Waals surface area (Å²) >= 11 is 6.17. The second-order valence-electron chi connectivity index (χ2n) is 8.79. The number of methoxy groups -OCH3 is 1. The van der Waals surface area contributed by atoms with Gasteiger partial charge in [0.1, 0.15) is 11.9 Å². The van der Waals surface area contributed by atoms with Crippen LogP contribution in [0.2, 0.25) is 5.02 Å². The number of hydrogen-bond donors (Lipinski definition) is 2. The van der Waals surface area contributed by atoms with Gasteiger partial charge in [0.15, 0.2) is 5.78 Å². The molecular weight excluding hydrogens is 541 g/mol. The van der Waals surface area contributed by atoms with Crippen LogP contribution in [0.3, 0.4) is 0 Å². The molecule has 0 saturated carbocycles. The van der Waals surface area contributed by atoms with Crippen molar-refractivity contribution >= 4 is 34.9 Å². The van der Waals surface area contributed by atoms with Gasteiger partial charge in [-0.2, -0.15) is 0 Å². The van der Waals surface area contributed by atoms with E-state index in [2.05, 4.69) is 10.4 Å². The maximum Gasteiger partial charge on any atom is 0.338 e. The number of halogens is 2. The van der Waals surface area contributed by atoms with Crippen molar-refractivity contribution in [3.05, 3.63) is 111 Å². The highest BCUT2D eigenvalue weighted by molar-refractivity contribution is 6.31. The number of amides is 1. The summed E-state index contributed by atoms with van der Waals surface area (Å²) in [6.07, 6.45) is 0.0354. The van der Waals surface area contributed by atoms with Crippen molar-refractivity contribution in [3.63, 3.8) is 0 Å². The zero-order chi connectivity index (χ0) is 29.0. The molecule has 1 unspecified atom stereocenters. The van der Waals surface area contributed by atoms with Crippen molar-refractivity contribution in [2.75, 3.05) is 12.4 Å². The standard InChI is InChI=1S/C29H23ClFN3O6/c1-16(35)20-10-8-18(30)13-22(20)23-15-26(36)34(33-28(23)40-2)25(12-17-6-4-3-5-7-17)27(37)32-19-9-11-21(29(38)39)24(31)14-19/h3-11,13-15,25H,12H2,1-2H3,(H,32,37)(H,38,39). The van der Waals surface area contributed by atoms with E-state index in [1.165, 1.54) is 38.3 Å². The molecule has 0 saturated heterocycles. The van der Waals surface area contributed by atoms with Gasteiger partial charge < -0.3 is 15.2 Å². The van der Waals surface area contributed by atoms with E-state index in [1.54, 1.807) is 36.4 Å². The molecule has 204 valence electrons. The van der Waals surface area contributed by atoms with Gasteiger partial charge in [-0.15, -0.1) is 5.10 Å². The third kappa shape index (κ3) is 6.08. The predicted octanol–water partition coefficient (Wildman–Crippen LogP) is 5.03. The number of hydrogen-bond acceptors (Lipinski definition) is 6. The molecule has 9 nitrogen and oxygen atoms in total. The Morgan fingerprint density at radius 1 is 1.02 bits per heavy atom. The number of aromatic carboxylic acids is 1. The van der Waals surface area contributed by atoms with Crippen molar-refractivity contribution in [3.8, 4) is 17.0 Å². The summed E-state index contributed by atoms with van der Waals surface area (Å²) in [5.41, 5.74) is 0.324. The Balaban J connectivity index is 1.80. The SMILES string of the molecule is COc1nn(C(Cc2ccccc2)C(=O)Nc2ccc(C(=O)O)c(F)c2)c(=O)cc1-c1cc(Cl)ccc1C(C)=O. The maximum atomic E-state index is 14.3. The summed E-state index contributed by atoms with van der Waals surface area (Å²) in [4.78, 5) is 50.3. The van der Waals surface area contributed by atoms with Crippen LogP contribution in [0.1, 0.15) is 39.2 Å². The number of carbonyl (C=O) groups is 3. The monoisotopic (exact) mass is 563 g/mol. The maximum absolute atomic E-state index is 14.3. The summed E-state index contributed by atoms with van der Waals surface area (Å²) in [6, 6.07) is 16.6. The number of rotatable bonds is 9. The van der Waals surface area contributed by atoms with Crippen LogP contribution in [-0.4, -0.2) is 39.7 Å². The number of anilines is 1. The summed E-state index contributed by atoms with van der Waals surface area (Å²) in [7, 11) is 1.33. The zero-order valence-electron chi connectivity index (χ0n) is 21.4. The number of ketones is 1. The minimum absolute atomic E-state index is 0.00720. The highest BCUT2D eigenvalue weighted by Crippen LogP contribution is 2.32. The van der Waals surface area contributed by atoms with Crippen molar-refractivity contribution in [2.45, 2.75) is 19.4 Å². The number of Topliss-reactive ketones (excluding diaryl/α,β-unsaturated/α-hetero) is 1. The average molecular weight is 564 g/mol. The van der Waals surface area contributed by atoms with Crippen molar-refractivity contribution in [2.24, 2.45) is 0 Å². The van der Waals surface area contributed by atoms with Crippen LogP contribution in [0.15, 0.2) is 77.6 Å². The van der Waals surface area contributed by atoms with Gasteiger partial charge in [0.25, 0.3) is 5.56 Å². The van der Waals surface area contributed by atoms with Crippen LogP contribution < -0.4 is 15.6 Å². The Labute approximate surface area is 232 Å². The molecular formula is C29H23ClFN3O6. The van der Waals surface area contributed by atoms with Gasteiger partial charge in [0.05, 0.1) is 18.2 Å². The van der Waals surface area contributed by atoms with Crippen LogP contribution in [0.5, 0.6) is 5.88 Å². The molecule has 4 rings (SSSR count). The Morgan fingerprint density at radius 2 is 1.73 bits per heavy atom. The molecule has 0 aliphatic rings. The normalized spacial score (nSPS) is 11.5. The first kappa shape index (κ1) is 28.2. The first-order chi connectivity index (χ1) is 19.1. The van der Waals surface area contributed by atoms with E-state index in [4.69, 9.17) is 21.4 Å². The Hall–Kier alpha value is -4.83. The van der Waals surface area contributed by atoms with Gasteiger partial charge >= 0.3 is 5.97 Å². The number of carboxylic acids is 1. The summed E-state index contributed by atoms with van der Waals surface area (Å²) in [5.74, 6) is -3.49. The van der Waals surface area contributed by atoms with E-state index in [9.17, 15) is 23.6 Å². The molecule has 1 aromatic heterocycles. The fourth-order valence-electron chi connectivity index (χ4n) is 4.19. The largest absolute Gasteiger partial charge is 0.480 e. The molecule has 4 aromatic rings. The highest BCUT2D eigenvalue weighted by Gasteiger charge is 2.27. The zero-order valence-corrected chi connectivity index (χ0v) is 22.1. The minimum atomic E-state index is -1.45. The van der Waals surface area contributed by atoms with E-state index in [0.29, 0.717) is 21.7 Å². The van der Waals surface area contributed by atoms with E-state index in [1.807, 2.05) is 0 Å². The molecule has 1 heterocycles. The molecule has 0 bridgehead atoms. The highest BCUT2D eigenvalue weighted by atomic mass is 35.5. The lowest BCUT2D eigenvalue weighted by atomic mass is 9.98. The summed E-state index contributed by atoms with van der Waals surface area (Å²) in [6.45, 7) is 1.37. The van der Waals surface area contributed by atoms with Crippen molar-refractivity contribution in [1.82, 2.24) is 9.78 Å². The van der Waals surface area contributed by atoms with E-state index in [-0.39, 0.29) is 29.3 Å². The fraction of sp³-hybridized carbons (Fsp3) is 0.138. The molecule has 0 aliphatic carbocycles. The van der Waals surface area contributed by atoms with Gasteiger partial charge in [0.2, 0.25) is 11.8 Å². The van der Waals surface area contributed by atoms with Crippen LogP contribution in [0.25, 0.3) is 11.1 Å². The summed E-state index contributed by atoms with van der Waals surface area (Å²) < 4.78 is 20.7. The number of ether oxygens (including phenoxy) is 1. The third-order valence-electron chi connectivity index (χ3n) is 6.10. The predicted molar refractivity (Wildman–Crippen MR) is 147 cm³/mol. The first-order valence-corrected chi connectivity index (χ1v) is 12.3. The molecule has 40 heavy (non-hydrogen) atoms. The number of carbonyl (C=O) groups excluding carboxylic acids is 2. The van der Waals surface area contributed by atoms with Crippen LogP contribution in [0.4, 0.5) is 10.1 Å². The van der Waals surface area contributed by atoms with Gasteiger partial charge in [-0.25, -0.2) is 13.9 Å². The van der Waals surface area contributed by atoms with Crippen LogP contribution in [-0.2, 0) is 11.2 Å². The van der Waals surface area contributed by atoms with Gasteiger partial charge in [-0.1, -0.05) is 41.9 Å². The van der Waals surface area contributed by atoms with Crippen LogP contribution >= 0.6 is 11.6 Å². The lowest BCUT2D eigenvalue weighted by molar-refractivity contribution is -0.119.